The van der Waals surface area contributed by atoms with E-state index in [1.165, 1.54) is 38.4 Å². The number of nitrogens with zero attached hydrogens (tertiary/aromatic N) is 2. The Hall–Kier alpha value is -0.870. The van der Waals surface area contributed by atoms with E-state index in [-0.39, 0.29) is 21.9 Å². The topological polar surface area (TPSA) is 54.9 Å². The molecule has 2 rings (SSSR count). The summed E-state index contributed by atoms with van der Waals surface area (Å²) in [6, 6.07) is 0. The minimum Gasteiger partial charge on any atom is -0.309 e. The maximum atomic E-state index is 11.8. The van der Waals surface area contributed by atoms with Crippen molar-refractivity contribution in [2.24, 2.45) is 5.92 Å². The summed E-state index contributed by atoms with van der Waals surface area (Å²) in [6.45, 7) is 0. The van der Waals surface area contributed by atoms with Gasteiger partial charge in [-0.15, -0.1) is 0 Å². The van der Waals surface area contributed by atoms with Crippen molar-refractivity contribution in [1.82, 2.24) is 9.97 Å². The number of halogens is 2. The zero-order valence-corrected chi connectivity index (χ0v) is 12.2. The van der Waals surface area contributed by atoms with Crippen LogP contribution in [0.5, 0.6) is 0 Å². The van der Waals surface area contributed by atoms with E-state index in [2.05, 4.69) is 15.3 Å². The second-order valence-electron chi connectivity index (χ2n) is 4.92. The molecular formula is C13H17Cl2N3O. The molecule has 19 heavy (non-hydrogen) atoms. The monoisotopic (exact) mass is 301 g/mol. The Morgan fingerprint density at radius 3 is 2.74 bits per heavy atom. The molecule has 0 aliphatic heterocycles. The van der Waals surface area contributed by atoms with Crippen molar-refractivity contribution < 1.29 is 4.79 Å². The van der Waals surface area contributed by atoms with E-state index >= 15 is 0 Å². The van der Waals surface area contributed by atoms with Gasteiger partial charge in [0, 0.05) is 6.42 Å². The molecule has 0 unspecified atom stereocenters. The molecule has 1 aromatic heterocycles. The Kier molecular flexibility index (Phi) is 5.40. The number of amides is 1. The summed E-state index contributed by atoms with van der Waals surface area (Å²) in [6.07, 6.45) is 9.12. The third-order valence-electron chi connectivity index (χ3n) is 3.51. The van der Waals surface area contributed by atoms with E-state index in [1.807, 2.05) is 0 Å². The fourth-order valence-corrected chi connectivity index (χ4v) is 2.72. The summed E-state index contributed by atoms with van der Waals surface area (Å²) in [5, 5.41) is 3.03. The SMILES string of the molecule is O=C(CCC1CCCCC1)Nc1ncnc(Cl)c1Cl. The Morgan fingerprint density at radius 1 is 1.26 bits per heavy atom. The van der Waals surface area contributed by atoms with Crippen molar-refractivity contribution in [1.29, 1.82) is 0 Å². The molecule has 0 aromatic carbocycles. The summed E-state index contributed by atoms with van der Waals surface area (Å²) in [5.74, 6) is 0.904. The van der Waals surface area contributed by atoms with Crippen LogP contribution in [0.25, 0.3) is 0 Å². The lowest BCUT2D eigenvalue weighted by atomic mass is 9.86. The van der Waals surface area contributed by atoms with Crippen molar-refractivity contribution >= 4 is 34.9 Å². The number of hydrogen-bond donors (Lipinski definition) is 1. The molecule has 6 heteroatoms. The number of hydrogen-bond acceptors (Lipinski definition) is 3. The first-order chi connectivity index (χ1) is 9.16. The zero-order chi connectivity index (χ0) is 13.7. The van der Waals surface area contributed by atoms with Crippen LogP contribution in [-0.4, -0.2) is 15.9 Å². The fraction of sp³-hybridized carbons (Fsp3) is 0.615. The molecule has 0 spiro atoms. The molecule has 1 N–H and O–H groups in total. The second-order valence-corrected chi connectivity index (χ2v) is 5.65. The van der Waals surface area contributed by atoms with Crippen LogP contribution in [0.4, 0.5) is 5.82 Å². The van der Waals surface area contributed by atoms with Crippen molar-refractivity contribution in [3.8, 4) is 0 Å². The lowest BCUT2D eigenvalue weighted by Crippen LogP contribution is -2.16. The van der Waals surface area contributed by atoms with Crippen LogP contribution in [0, 0.1) is 5.92 Å². The summed E-state index contributed by atoms with van der Waals surface area (Å²) in [7, 11) is 0. The highest BCUT2D eigenvalue weighted by atomic mass is 35.5. The number of anilines is 1. The third-order valence-corrected chi connectivity index (χ3v) is 4.25. The number of carbonyl (C=O) groups excluding carboxylic acids is 1. The zero-order valence-electron chi connectivity index (χ0n) is 10.7. The van der Waals surface area contributed by atoms with Gasteiger partial charge in [0.2, 0.25) is 5.91 Å². The summed E-state index contributed by atoms with van der Waals surface area (Å²) < 4.78 is 0. The minimum absolute atomic E-state index is 0.0674. The molecule has 1 aliphatic rings. The first-order valence-electron chi connectivity index (χ1n) is 6.62. The summed E-state index contributed by atoms with van der Waals surface area (Å²) in [5.41, 5.74) is 0. The van der Waals surface area contributed by atoms with Gasteiger partial charge in [-0.3, -0.25) is 4.79 Å². The van der Waals surface area contributed by atoms with Crippen LogP contribution in [0.15, 0.2) is 6.33 Å². The van der Waals surface area contributed by atoms with E-state index in [4.69, 9.17) is 23.2 Å². The molecule has 0 bridgehead atoms. The van der Waals surface area contributed by atoms with E-state index in [1.54, 1.807) is 0 Å². The van der Waals surface area contributed by atoms with Crippen molar-refractivity contribution in [2.75, 3.05) is 5.32 Å². The number of nitrogens with one attached hydrogen (secondary N) is 1. The molecular weight excluding hydrogens is 285 g/mol. The van der Waals surface area contributed by atoms with Gasteiger partial charge >= 0.3 is 0 Å². The highest BCUT2D eigenvalue weighted by molar-refractivity contribution is 6.42. The normalized spacial score (nSPS) is 16.3. The molecule has 1 aliphatic carbocycles. The summed E-state index contributed by atoms with van der Waals surface area (Å²) in [4.78, 5) is 19.5. The fourth-order valence-electron chi connectivity index (χ4n) is 2.44. The number of aromatic nitrogens is 2. The predicted molar refractivity (Wildman–Crippen MR) is 76.5 cm³/mol. The van der Waals surface area contributed by atoms with Gasteiger partial charge in [0.1, 0.15) is 11.3 Å². The van der Waals surface area contributed by atoms with Crippen molar-refractivity contribution in [3.63, 3.8) is 0 Å². The molecule has 0 atom stereocenters. The molecule has 4 nitrogen and oxygen atoms in total. The van der Waals surface area contributed by atoms with Crippen LogP contribution in [0.2, 0.25) is 10.2 Å². The summed E-state index contributed by atoms with van der Waals surface area (Å²) >= 11 is 11.7. The highest BCUT2D eigenvalue weighted by Gasteiger charge is 2.16. The van der Waals surface area contributed by atoms with Gasteiger partial charge in [-0.1, -0.05) is 55.3 Å². The maximum absolute atomic E-state index is 11.8. The van der Waals surface area contributed by atoms with Gasteiger partial charge in [0.05, 0.1) is 0 Å². The van der Waals surface area contributed by atoms with Crippen LogP contribution in [0.1, 0.15) is 44.9 Å². The standard InChI is InChI=1S/C13H17Cl2N3O/c14-11-12(15)16-8-17-13(11)18-10(19)7-6-9-4-2-1-3-5-9/h8-9H,1-7H2,(H,16,17,18,19). The largest absolute Gasteiger partial charge is 0.309 e. The average molecular weight is 302 g/mol. The quantitative estimate of drug-likeness (QED) is 0.853. The van der Waals surface area contributed by atoms with Gasteiger partial charge in [0.15, 0.2) is 11.0 Å². The van der Waals surface area contributed by atoms with Crippen LogP contribution in [-0.2, 0) is 4.79 Å². The van der Waals surface area contributed by atoms with E-state index in [0.29, 0.717) is 12.3 Å². The van der Waals surface area contributed by atoms with Crippen LogP contribution >= 0.6 is 23.2 Å². The van der Waals surface area contributed by atoms with Gasteiger partial charge in [-0.2, -0.15) is 0 Å². The second kappa shape index (κ2) is 7.06. The first-order valence-corrected chi connectivity index (χ1v) is 7.38. The van der Waals surface area contributed by atoms with Crippen LogP contribution in [0.3, 0.4) is 0 Å². The van der Waals surface area contributed by atoms with Crippen molar-refractivity contribution in [3.05, 3.63) is 16.5 Å². The smallest absolute Gasteiger partial charge is 0.225 e. The predicted octanol–water partition coefficient (Wildman–Crippen LogP) is 4.08. The van der Waals surface area contributed by atoms with Gasteiger partial charge in [0.25, 0.3) is 0 Å². The molecule has 0 radical (unpaired) electrons. The molecule has 1 amide bonds. The molecule has 1 fully saturated rings. The molecule has 1 heterocycles. The van der Waals surface area contributed by atoms with E-state index in [9.17, 15) is 4.79 Å². The van der Waals surface area contributed by atoms with Crippen LogP contribution < -0.4 is 5.32 Å². The lowest BCUT2D eigenvalue weighted by Gasteiger charge is -2.20. The molecule has 104 valence electrons. The maximum Gasteiger partial charge on any atom is 0.225 e. The Bertz CT molecular complexity index is 448. The molecule has 1 aromatic rings. The number of carbonyl (C=O) groups is 1. The third kappa shape index (κ3) is 4.32. The first kappa shape index (κ1) is 14.5. The molecule has 0 saturated heterocycles. The van der Waals surface area contributed by atoms with Gasteiger partial charge < -0.3 is 5.32 Å². The Balaban J connectivity index is 1.82. The van der Waals surface area contributed by atoms with Gasteiger partial charge in [-0.05, 0) is 12.3 Å². The lowest BCUT2D eigenvalue weighted by molar-refractivity contribution is -0.116. The minimum atomic E-state index is -0.0674. The van der Waals surface area contributed by atoms with E-state index in [0.717, 1.165) is 6.42 Å². The molecule has 1 saturated carbocycles. The Morgan fingerprint density at radius 2 is 2.00 bits per heavy atom. The average Bonchev–Trinajstić information content (AvgIpc) is 2.43. The number of rotatable bonds is 4. The highest BCUT2D eigenvalue weighted by Crippen LogP contribution is 2.28. The van der Waals surface area contributed by atoms with E-state index < -0.39 is 0 Å². The van der Waals surface area contributed by atoms with Gasteiger partial charge in [-0.25, -0.2) is 9.97 Å². The van der Waals surface area contributed by atoms with Crippen molar-refractivity contribution in [2.45, 2.75) is 44.9 Å². The Labute approximate surface area is 122 Å².